The highest BCUT2D eigenvalue weighted by atomic mass is 16.6. The van der Waals surface area contributed by atoms with Crippen molar-refractivity contribution in [2.24, 2.45) is 11.8 Å². The van der Waals surface area contributed by atoms with Crippen LogP contribution in [0.25, 0.3) is 0 Å². The van der Waals surface area contributed by atoms with Crippen LogP contribution in [0.5, 0.6) is 0 Å². The summed E-state index contributed by atoms with van der Waals surface area (Å²) in [7, 11) is 0. The monoisotopic (exact) mass is 224 g/mol. The van der Waals surface area contributed by atoms with E-state index in [1.165, 1.54) is 25.7 Å². The van der Waals surface area contributed by atoms with E-state index in [2.05, 4.69) is 24.3 Å². The molecule has 4 bridgehead atoms. The lowest BCUT2D eigenvalue weighted by atomic mass is 9.69. The van der Waals surface area contributed by atoms with E-state index in [9.17, 15) is 0 Å². The van der Waals surface area contributed by atoms with Gasteiger partial charge in [0.1, 0.15) is 11.2 Å². The Hall–Kier alpha value is -0.820. The molecule has 5 aliphatic rings. The Kier molecular flexibility index (Phi) is 1.02. The second-order valence-corrected chi connectivity index (χ2v) is 6.86. The molecule has 0 unspecified atom stereocenters. The minimum atomic E-state index is 0.328. The molecule has 1 heteroatoms. The highest BCUT2D eigenvalue weighted by Gasteiger charge is 2.91. The number of fused-ring (bicyclic) bond motifs is 7. The number of rotatable bonds is 0. The lowest BCUT2D eigenvalue weighted by molar-refractivity contribution is 0.113. The molecule has 86 valence electrons. The SMILES string of the molecule is c1ccc2c(c1)[C@H]1C[C@@H]2[C@@]23O[C@@]12[C@@H]1CC[C@@H]3C1. The second kappa shape index (κ2) is 2.09. The third-order valence-electron chi connectivity index (χ3n) is 6.81. The van der Waals surface area contributed by atoms with Gasteiger partial charge in [0.05, 0.1) is 0 Å². The molecule has 1 aromatic rings. The smallest absolute Gasteiger partial charge is 0.109 e. The van der Waals surface area contributed by atoms with Gasteiger partial charge in [-0.2, -0.15) is 0 Å². The van der Waals surface area contributed by atoms with Crippen molar-refractivity contribution < 1.29 is 4.74 Å². The van der Waals surface area contributed by atoms with Gasteiger partial charge in [0.15, 0.2) is 0 Å². The van der Waals surface area contributed by atoms with E-state index in [0.717, 1.165) is 23.7 Å². The molecule has 0 aromatic heterocycles. The lowest BCUT2D eigenvalue weighted by Gasteiger charge is -2.29. The van der Waals surface area contributed by atoms with E-state index in [-0.39, 0.29) is 0 Å². The summed E-state index contributed by atoms with van der Waals surface area (Å²) < 4.78 is 6.52. The molecule has 6 atom stereocenters. The summed E-state index contributed by atoms with van der Waals surface area (Å²) in [5, 5.41) is 0. The van der Waals surface area contributed by atoms with Crippen LogP contribution in [0.4, 0.5) is 0 Å². The van der Waals surface area contributed by atoms with Crippen molar-refractivity contribution in [1.82, 2.24) is 0 Å². The van der Waals surface area contributed by atoms with E-state index >= 15 is 0 Å². The first-order valence-electron chi connectivity index (χ1n) is 7.17. The van der Waals surface area contributed by atoms with Crippen molar-refractivity contribution in [2.75, 3.05) is 0 Å². The Morgan fingerprint density at radius 2 is 1.47 bits per heavy atom. The standard InChI is InChI=1S/C16H16O/c1-2-4-12-11(3-1)13-8-14(12)16-10-6-5-9(7-10)15(13,16)17-16/h1-4,9-10,13-14H,5-8H2/t9-,10-,13-,14+,15+,16-/m1/s1. The topological polar surface area (TPSA) is 12.5 Å². The predicted molar refractivity (Wildman–Crippen MR) is 63.9 cm³/mol. The minimum absolute atomic E-state index is 0.328. The summed E-state index contributed by atoms with van der Waals surface area (Å²) in [6.07, 6.45) is 5.75. The van der Waals surface area contributed by atoms with Gasteiger partial charge in [-0.05, 0) is 48.6 Å². The van der Waals surface area contributed by atoms with Crippen LogP contribution in [0.2, 0.25) is 0 Å². The Balaban J connectivity index is 1.67. The Morgan fingerprint density at radius 3 is 2.06 bits per heavy atom. The molecule has 4 aliphatic carbocycles. The fourth-order valence-corrected chi connectivity index (χ4v) is 6.52. The second-order valence-electron chi connectivity index (χ2n) is 6.86. The van der Waals surface area contributed by atoms with Crippen LogP contribution in [-0.4, -0.2) is 11.2 Å². The van der Waals surface area contributed by atoms with Crippen LogP contribution < -0.4 is 0 Å². The van der Waals surface area contributed by atoms with Gasteiger partial charge in [0.25, 0.3) is 0 Å². The largest absolute Gasteiger partial charge is 0.361 e. The molecule has 0 amide bonds. The highest BCUT2D eigenvalue weighted by molar-refractivity contribution is 5.57. The quantitative estimate of drug-likeness (QED) is 0.616. The molecule has 17 heavy (non-hydrogen) atoms. The van der Waals surface area contributed by atoms with Gasteiger partial charge in [-0.3, -0.25) is 0 Å². The molecule has 0 N–H and O–H groups in total. The highest BCUT2D eigenvalue weighted by Crippen LogP contribution is 2.86. The van der Waals surface area contributed by atoms with Gasteiger partial charge >= 0.3 is 0 Å². The van der Waals surface area contributed by atoms with Crippen molar-refractivity contribution in [2.45, 2.75) is 48.7 Å². The van der Waals surface area contributed by atoms with E-state index in [1.54, 1.807) is 11.1 Å². The van der Waals surface area contributed by atoms with Crippen LogP contribution in [-0.2, 0) is 4.74 Å². The van der Waals surface area contributed by atoms with Crippen LogP contribution in [0.3, 0.4) is 0 Å². The van der Waals surface area contributed by atoms with E-state index in [4.69, 9.17) is 4.74 Å². The summed E-state index contributed by atoms with van der Waals surface area (Å²) in [5.74, 6) is 3.30. The van der Waals surface area contributed by atoms with E-state index in [1.807, 2.05) is 0 Å². The number of hydrogen-bond acceptors (Lipinski definition) is 1. The number of hydrogen-bond donors (Lipinski definition) is 0. The molecular weight excluding hydrogens is 208 g/mol. The van der Waals surface area contributed by atoms with E-state index in [0.29, 0.717) is 11.2 Å². The Morgan fingerprint density at radius 1 is 0.882 bits per heavy atom. The fourth-order valence-electron chi connectivity index (χ4n) is 6.52. The molecule has 6 rings (SSSR count). The third-order valence-corrected chi connectivity index (χ3v) is 6.81. The van der Waals surface area contributed by atoms with Crippen LogP contribution >= 0.6 is 0 Å². The molecule has 1 aliphatic heterocycles. The maximum absolute atomic E-state index is 6.52. The van der Waals surface area contributed by atoms with Crippen molar-refractivity contribution >= 4 is 0 Å². The molecule has 3 saturated carbocycles. The Bertz CT molecular complexity index is 517. The van der Waals surface area contributed by atoms with Gasteiger partial charge in [0, 0.05) is 11.8 Å². The zero-order chi connectivity index (χ0) is 10.8. The zero-order valence-corrected chi connectivity index (χ0v) is 9.86. The molecular formula is C16H16O. The summed E-state index contributed by atoms with van der Waals surface area (Å²) >= 11 is 0. The minimum Gasteiger partial charge on any atom is -0.361 e. The van der Waals surface area contributed by atoms with Gasteiger partial charge in [-0.1, -0.05) is 24.3 Å². The fraction of sp³-hybridized carbons (Fsp3) is 0.625. The number of benzene rings is 1. The van der Waals surface area contributed by atoms with Crippen LogP contribution in [0.1, 0.15) is 48.6 Å². The average Bonchev–Trinajstić information content (AvgIpc) is 2.80. The number of epoxide rings is 1. The lowest BCUT2D eigenvalue weighted by Crippen LogP contribution is -2.36. The van der Waals surface area contributed by atoms with Gasteiger partial charge in [-0.15, -0.1) is 0 Å². The molecule has 1 nitrogen and oxygen atoms in total. The molecule has 0 radical (unpaired) electrons. The summed E-state index contributed by atoms with van der Waals surface area (Å²) in [5.41, 5.74) is 3.93. The van der Waals surface area contributed by atoms with Crippen molar-refractivity contribution in [1.29, 1.82) is 0 Å². The summed E-state index contributed by atoms with van der Waals surface area (Å²) in [4.78, 5) is 0. The first kappa shape index (κ1) is 8.31. The zero-order valence-electron chi connectivity index (χ0n) is 9.86. The van der Waals surface area contributed by atoms with Gasteiger partial charge in [-0.25, -0.2) is 0 Å². The van der Waals surface area contributed by atoms with Crippen molar-refractivity contribution in [3.8, 4) is 0 Å². The molecule has 4 fully saturated rings. The summed E-state index contributed by atoms with van der Waals surface area (Å²) in [6, 6.07) is 9.17. The molecule has 1 saturated heterocycles. The van der Waals surface area contributed by atoms with E-state index < -0.39 is 0 Å². The van der Waals surface area contributed by atoms with Gasteiger partial charge < -0.3 is 4.74 Å². The Labute approximate surface area is 101 Å². The van der Waals surface area contributed by atoms with Crippen LogP contribution in [0.15, 0.2) is 24.3 Å². The van der Waals surface area contributed by atoms with Gasteiger partial charge in [0.2, 0.25) is 0 Å². The molecule has 1 aromatic carbocycles. The predicted octanol–water partition coefficient (Wildman–Crippen LogP) is 3.21. The van der Waals surface area contributed by atoms with Crippen molar-refractivity contribution in [3.05, 3.63) is 35.4 Å². The maximum Gasteiger partial charge on any atom is 0.109 e. The first-order valence-corrected chi connectivity index (χ1v) is 7.17. The average molecular weight is 224 g/mol. The first-order chi connectivity index (χ1) is 8.38. The maximum atomic E-state index is 6.52. The van der Waals surface area contributed by atoms with Crippen molar-refractivity contribution in [3.63, 3.8) is 0 Å². The normalized spacial score (nSPS) is 59.1. The molecule has 1 heterocycles. The third kappa shape index (κ3) is 0.567. The van der Waals surface area contributed by atoms with Crippen LogP contribution in [0, 0.1) is 11.8 Å². The molecule has 0 spiro atoms. The number of ether oxygens (including phenoxy) is 1. The summed E-state index contributed by atoms with van der Waals surface area (Å²) in [6.45, 7) is 0.